The maximum absolute atomic E-state index is 13.2. The number of rotatable bonds is 3. The Kier molecular flexibility index (Phi) is 3.74. The Morgan fingerprint density at radius 3 is 2.46 bits per heavy atom. The molecule has 2 unspecified atom stereocenters. The second-order valence-corrected chi connectivity index (χ2v) is 9.30. The van der Waals surface area contributed by atoms with E-state index in [9.17, 15) is 9.90 Å². The van der Waals surface area contributed by atoms with E-state index in [1.807, 2.05) is 0 Å². The highest BCUT2D eigenvalue weighted by Gasteiger charge is 2.57. The standard InChI is InChI=1S/C22H30N2O2/c1-2-24-9-5-8-19(24)20(25)23-21-10-15-12-22(26,14-21)13-16(11-21)18-7-4-3-6-17(15)18/h3-4,6-7,15-16,19,26H,2,5,8-14H2,1H3,(H,23,25)/t15?,16?,19-,21?,22?/m1/s1. The quantitative estimate of drug-likeness (QED) is 0.877. The van der Waals surface area contributed by atoms with Crippen molar-refractivity contribution in [1.29, 1.82) is 0 Å². The van der Waals surface area contributed by atoms with Gasteiger partial charge in [-0.15, -0.1) is 0 Å². The first-order valence-corrected chi connectivity index (χ1v) is 10.4. The number of likely N-dealkylation sites (N-methyl/N-ethyl adjacent to an activating group) is 1. The number of nitrogens with zero attached hydrogens (tertiary/aromatic N) is 1. The van der Waals surface area contributed by atoms with Crippen molar-refractivity contribution >= 4 is 5.91 Å². The monoisotopic (exact) mass is 354 g/mol. The lowest BCUT2D eigenvalue weighted by Gasteiger charge is -2.53. The number of benzene rings is 1. The molecule has 4 bridgehead atoms. The molecule has 4 nitrogen and oxygen atoms in total. The molecule has 2 saturated carbocycles. The lowest BCUT2D eigenvalue weighted by molar-refractivity contribution is -0.132. The molecule has 1 aromatic rings. The Hall–Kier alpha value is -1.39. The van der Waals surface area contributed by atoms with Gasteiger partial charge in [0, 0.05) is 5.54 Å². The molecule has 5 aliphatic rings. The number of carbonyl (C=O) groups excluding carboxylic acids is 1. The predicted octanol–water partition coefficient (Wildman–Crippen LogP) is 2.92. The van der Waals surface area contributed by atoms with Crippen molar-refractivity contribution in [2.45, 2.75) is 80.9 Å². The summed E-state index contributed by atoms with van der Waals surface area (Å²) < 4.78 is 0. The number of carbonyl (C=O) groups is 1. The van der Waals surface area contributed by atoms with Crippen LogP contribution in [0.1, 0.15) is 74.8 Å². The van der Waals surface area contributed by atoms with E-state index in [0.717, 1.165) is 58.0 Å². The zero-order chi connectivity index (χ0) is 17.9. The van der Waals surface area contributed by atoms with Crippen LogP contribution < -0.4 is 5.32 Å². The Morgan fingerprint density at radius 1 is 1.19 bits per heavy atom. The molecule has 2 N–H and O–H groups in total. The van der Waals surface area contributed by atoms with E-state index < -0.39 is 5.60 Å². The number of aliphatic hydroxyl groups is 1. The van der Waals surface area contributed by atoms with Crippen LogP contribution in [0.25, 0.3) is 0 Å². The number of amides is 1. The Bertz CT molecular complexity index is 696. The summed E-state index contributed by atoms with van der Waals surface area (Å²) in [5.74, 6) is 0.922. The Morgan fingerprint density at radius 2 is 1.85 bits per heavy atom. The SMILES string of the molecule is CCN1CCC[C@@H]1C(=O)NC12CC3CC(O)(CC(C1)c1ccccc13)C2. The molecule has 1 saturated heterocycles. The second kappa shape index (κ2) is 5.80. The molecule has 1 amide bonds. The van der Waals surface area contributed by atoms with Crippen LogP contribution in [-0.4, -0.2) is 46.2 Å². The van der Waals surface area contributed by atoms with E-state index in [4.69, 9.17) is 0 Å². The third-order valence-electron chi connectivity index (χ3n) is 7.53. The summed E-state index contributed by atoms with van der Waals surface area (Å²) in [4.78, 5) is 15.5. The fourth-order valence-corrected chi connectivity index (χ4v) is 6.78. The molecular weight excluding hydrogens is 324 g/mol. The highest BCUT2D eigenvalue weighted by atomic mass is 16.3. The summed E-state index contributed by atoms with van der Waals surface area (Å²) in [7, 11) is 0. The molecule has 4 aliphatic carbocycles. The van der Waals surface area contributed by atoms with Gasteiger partial charge in [-0.25, -0.2) is 0 Å². The van der Waals surface area contributed by atoms with Gasteiger partial charge in [-0.3, -0.25) is 9.69 Å². The zero-order valence-electron chi connectivity index (χ0n) is 15.7. The van der Waals surface area contributed by atoms with Gasteiger partial charge in [-0.2, -0.15) is 0 Å². The molecule has 140 valence electrons. The van der Waals surface area contributed by atoms with Crippen molar-refractivity contribution in [3.05, 3.63) is 35.4 Å². The first-order valence-electron chi connectivity index (χ1n) is 10.4. The summed E-state index contributed by atoms with van der Waals surface area (Å²) in [6.45, 7) is 4.11. The summed E-state index contributed by atoms with van der Waals surface area (Å²) in [6.07, 6.45) is 6.46. The number of hydrogen-bond acceptors (Lipinski definition) is 3. The third-order valence-corrected chi connectivity index (χ3v) is 7.53. The molecule has 0 spiro atoms. The van der Waals surface area contributed by atoms with Crippen LogP contribution in [0, 0.1) is 0 Å². The summed E-state index contributed by atoms with van der Waals surface area (Å²) >= 11 is 0. The van der Waals surface area contributed by atoms with Gasteiger partial charge in [0.1, 0.15) is 0 Å². The van der Waals surface area contributed by atoms with Crippen LogP contribution in [0.4, 0.5) is 0 Å². The van der Waals surface area contributed by atoms with Gasteiger partial charge in [-0.1, -0.05) is 31.2 Å². The molecule has 1 aliphatic heterocycles. The third kappa shape index (κ3) is 2.53. The fraction of sp³-hybridized carbons (Fsp3) is 0.682. The molecule has 6 rings (SSSR count). The average molecular weight is 354 g/mol. The van der Waals surface area contributed by atoms with Crippen LogP contribution in [0.5, 0.6) is 0 Å². The van der Waals surface area contributed by atoms with E-state index in [2.05, 4.69) is 41.4 Å². The highest BCUT2D eigenvalue weighted by Crippen LogP contribution is 2.59. The van der Waals surface area contributed by atoms with Crippen molar-refractivity contribution in [2.24, 2.45) is 0 Å². The molecule has 0 aromatic heterocycles. The summed E-state index contributed by atoms with van der Waals surface area (Å²) in [5.41, 5.74) is 1.97. The largest absolute Gasteiger partial charge is 0.390 e. The predicted molar refractivity (Wildman–Crippen MR) is 101 cm³/mol. The van der Waals surface area contributed by atoms with Crippen molar-refractivity contribution in [3.63, 3.8) is 0 Å². The number of likely N-dealkylation sites (tertiary alicyclic amines) is 1. The van der Waals surface area contributed by atoms with Crippen molar-refractivity contribution in [1.82, 2.24) is 10.2 Å². The smallest absolute Gasteiger partial charge is 0.237 e. The second-order valence-electron chi connectivity index (χ2n) is 9.30. The Balaban J connectivity index is 1.46. The normalized spacial score (nSPS) is 41.1. The maximum Gasteiger partial charge on any atom is 0.237 e. The van der Waals surface area contributed by atoms with Gasteiger partial charge < -0.3 is 10.4 Å². The van der Waals surface area contributed by atoms with Gasteiger partial charge in [0.15, 0.2) is 0 Å². The maximum atomic E-state index is 13.2. The van der Waals surface area contributed by atoms with Crippen molar-refractivity contribution < 1.29 is 9.90 Å². The van der Waals surface area contributed by atoms with Crippen LogP contribution in [0.15, 0.2) is 24.3 Å². The minimum atomic E-state index is -0.627. The Labute approximate surface area is 156 Å². The first kappa shape index (κ1) is 16.8. The van der Waals surface area contributed by atoms with Gasteiger partial charge in [-0.05, 0) is 81.0 Å². The minimum Gasteiger partial charge on any atom is -0.390 e. The van der Waals surface area contributed by atoms with E-state index in [1.54, 1.807) is 0 Å². The lowest BCUT2D eigenvalue weighted by atomic mass is 9.60. The van der Waals surface area contributed by atoms with Crippen LogP contribution >= 0.6 is 0 Å². The summed E-state index contributed by atoms with van der Waals surface area (Å²) in [6, 6.07) is 8.76. The van der Waals surface area contributed by atoms with Gasteiger partial charge in [0.05, 0.1) is 11.6 Å². The summed E-state index contributed by atoms with van der Waals surface area (Å²) in [5, 5.41) is 14.8. The topological polar surface area (TPSA) is 52.6 Å². The molecule has 3 atom stereocenters. The number of hydrogen-bond donors (Lipinski definition) is 2. The molecule has 1 aromatic carbocycles. The highest BCUT2D eigenvalue weighted by molar-refractivity contribution is 5.83. The van der Waals surface area contributed by atoms with Crippen LogP contribution in [0.2, 0.25) is 0 Å². The average Bonchev–Trinajstić information content (AvgIpc) is 3.03. The molecule has 0 radical (unpaired) electrons. The van der Waals surface area contributed by atoms with Crippen molar-refractivity contribution in [2.75, 3.05) is 13.1 Å². The van der Waals surface area contributed by atoms with Crippen molar-refractivity contribution in [3.8, 4) is 0 Å². The lowest BCUT2D eigenvalue weighted by Crippen LogP contribution is -2.62. The zero-order valence-corrected chi connectivity index (χ0v) is 15.7. The molecule has 26 heavy (non-hydrogen) atoms. The van der Waals surface area contributed by atoms with E-state index in [1.165, 1.54) is 11.1 Å². The van der Waals surface area contributed by atoms with Gasteiger partial charge >= 0.3 is 0 Å². The van der Waals surface area contributed by atoms with Gasteiger partial charge in [0.25, 0.3) is 0 Å². The van der Waals surface area contributed by atoms with Crippen LogP contribution in [-0.2, 0) is 4.79 Å². The molecule has 3 fully saturated rings. The first-order chi connectivity index (χ1) is 12.5. The minimum absolute atomic E-state index is 0.0198. The van der Waals surface area contributed by atoms with Crippen LogP contribution in [0.3, 0.4) is 0 Å². The van der Waals surface area contributed by atoms with E-state index in [0.29, 0.717) is 11.8 Å². The van der Waals surface area contributed by atoms with E-state index >= 15 is 0 Å². The molecule has 1 heterocycles. The molecular formula is C22H30N2O2. The fourth-order valence-electron chi connectivity index (χ4n) is 6.78. The number of nitrogens with one attached hydrogen (secondary N) is 1. The van der Waals surface area contributed by atoms with Gasteiger partial charge in [0.2, 0.25) is 5.91 Å². The molecule has 4 heteroatoms. The van der Waals surface area contributed by atoms with E-state index in [-0.39, 0.29) is 17.5 Å².